The molecule has 30 heavy (non-hydrogen) atoms. The van der Waals surface area contributed by atoms with Crippen molar-refractivity contribution >= 4 is 28.9 Å². The van der Waals surface area contributed by atoms with Crippen LogP contribution in [0.25, 0.3) is 17.0 Å². The van der Waals surface area contributed by atoms with Crippen molar-refractivity contribution < 1.29 is 18.7 Å². The number of benzene rings is 1. The molecular formula is C24H26N2O4. The molecule has 4 rings (SSSR count). The van der Waals surface area contributed by atoms with Crippen LogP contribution in [0, 0.1) is 13.8 Å². The van der Waals surface area contributed by atoms with Crippen LogP contribution < -0.4 is 5.32 Å². The summed E-state index contributed by atoms with van der Waals surface area (Å²) < 4.78 is 13.2. The first-order chi connectivity index (χ1) is 14.4. The third-order valence-electron chi connectivity index (χ3n) is 5.43. The molecule has 2 heterocycles. The standard InChI is InChI=1S/C24H26N2O4/c1-15-12-18(17(3)26(15)20-9-10-20)8-11-24(28)29-14-23(27)25-16(2)22-13-19-6-4-5-7-21(19)30-22/h4-8,11-13,16,20H,9-10,14H2,1-3H3,(H,25,27)/b11-8+/t16-/m1/s1. The molecule has 0 radical (unpaired) electrons. The maximum Gasteiger partial charge on any atom is 0.331 e. The summed E-state index contributed by atoms with van der Waals surface area (Å²) in [5.74, 6) is -0.267. The number of carbonyl (C=O) groups is 2. The summed E-state index contributed by atoms with van der Waals surface area (Å²) in [6.07, 6.45) is 5.54. The first kappa shape index (κ1) is 20.0. The van der Waals surface area contributed by atoms with Crippen LogP contribution in [0.4, 0.5) is 0 Å². The number of para-hydroxylation sites is 1. The number of fused-ring (bicyclic) bond motifs is 1. The Labute approximate surface area is 175 Å². The van der Waals surface area contributed by atoms with Gasteiger partial charge >= 0.3 is 5.97 Å². The van der Waals surface area contributed by atoms with Crippen molar-refractivity contribution in [3.63, 3.8) is 0 Å². The molecule has 1 aliphatic carbocycles. The molecule has 1 amide bonds. The molecule has 0 aliphatic heterocycles. The van der Waals surface area contributed by atoms with E-state index in [9.17, 15) is 9.59 Å². The maximum atomic E-state index is 12.1. The van der Waals surface area contributed by atoms with E-state index in [0.29, 0.717) is 11.8 Å². The number of hydrogen-bond donors (Lipinski definition) is 1. The highest BCUT2D eigenvalue weighted by atomic mass is 16.5. The van der Waals surface area contributed by atoms with E-state index in [-0.39, 0.29) is 18.6 Å². The molecule has 6 nitrogen and oxygen atoms in total. The Morgan fingerprint density at radius 3 is 2.77 bits per heavy atom. The van der Waals surface area contributed by atoms with E-state index in [0.717, 1.165) is 22.2 Å². The van der Waals surface area contributed by atoms with Gasteiger partial charge in [-0.25, -0.2) is 4.79 Å². The lowest BCUT2D eigenvalue weighted by atomic mass is 10.2. The molecule has 0 spiro atoms. The van der Waals surface area contributed by atoms with Gasteiger partial charge in [0.25, 0.3) is 5.91 Å². The number of nitrogens with one attached hydrogen (secondary N) is 1. The van der Waals surface area contributed by atoms with Crippen LogP contribution in [-0.4, -0.2) is 23.1 Å². The fourth-order valence-corrected chi connectivity index (χ4v) is 3.78. The molecule has 3 aromatic rings. The minimum absolute atomic E-state index is 0.327. The number of rotatable bonds is 7. The van der Waals surface area contributed by atoms with Crippen LogP contribution >= 0.6 is 0 Å². The molecule has 0 unspecified atom stereocenters. The minimum atomic E-state index is -0.544. The second kappa shape index (κ2) is 8.22. The van der Waals surface area contributed by atoms with Crippen LogP contribution in [0.3, 0.4) is 0 Å². The summed E-state index contributed by atoms with van der Waals surface area (Å²) in [5, 5.41) is 3.77. The molecular weight excluding hydrogens is 380 g/mol. The smallest absolute Gasteiger partial charge is 0.331 e. The molecule has 0 saturated heterocycles. The predicted octanol–water partition coefficient (Wildman–Crippen LogP) is 4.62. The van der Waals surface area contributed by atoms with Gasteiger partial charge in [0.1, 0.15) is 11.3 Å². The lowest BCUT2D eigenvalue weighted by molar-refractivity contribution is -0.144. The summed E-state index contributed by atoms with van der Waals surface area (Å²) in [6, 6.07) is 11.9. The van der Waals surface area contributed by atoms with Crippen molar-refractivity contribution in [1.29, 1.82) is 0 Å². The van der Waals surface area contributed by atoms with Gasteiger partial charge in [0.15, 0.2) is 6.61 Å². The molecule has 1 aliphatic rings. The zero-order chi connectivity index (χ0) is 21.3. The van der Waals surface area contributed by atoms with Crippen LogP contribution in [0.1, 0.15) is 54.6 Å². The fourth-order valence-electron chi connectivity index (χ4n) is 3.78. The number of ether oxygens (including phenoxy) is 1. The normalized spacial score (nSPS) is 14.9. The topological polar surface area (TPSA) is 73.5 Å². The summed E-state index contributed by atoms with van der Waals surface area (Å²) in [5.41, 5.74) is 4.11. The molecule has 1 N–H and O–H groups in total. The number of amides is 1. The zero-order valence-corrected chi connectivity index (χ0v) is 17.5. The molecule has 156 valence electrons. The highest BCUT2D eigenvalue weighted by Crippen LogP contribution is 2.38. The number of esters is 1. The monoisotopic (exact) mass is 406 g/mol. The second-order valence-corrected chi connectivity index (χ2v) is 7.84. The number of carbonyl (C=O) groups excluding carboxylic acids is 2. The minimum Gasteiger partial charge on any atom is -0.459 e. The lowest BCUT2D eigenvalue weighted by Gasteiger charge is -2.11. The quantitative estimate of drug-likeness (QED) is 0.459. The van der Waals surface area contributed by atoms with Gasteiger partial charge in [0, 0.05) is 28.9 Å². The Bertz CT molecular complexity index is 1080. The SMILES string of the molecule is Cc1cc(/C=C/C(=O)OCC(=O)N[C@H](C)c2cc3ccccc3o2)c(C)n1C1CC1. The van der Waals surface area contributed by atoms with Crippen LogP contribution in [0.5, 0.6) is 0 Å². The summed E-state index contributed by atoms with van der Waals surface area (Å²) in [4.78, 5) is 24.2. The van der Waals surface area contributed by atoms with E-state index >= 15 is 0 Å². The molecule has 2 aromatic heterocycles. The first-order valence-electron chi connectivity index (χ1n) is 10.2. The molecule has 1 aromatic carbocycles. The van der Waals surface area contributed by atoms with Gasteiger partial charge in [-0.15, -0.1) is 0 Å². The predicted molar refractivity (Wildman–Crippen MR) is 115 cm³/mol. The van der Waals surface area contributed by atoms with Crippen LogP contribution in [0.2, 0.25) is 0 Å². The van der Waals surface area contributed by atoms with Crippen molar-refractivity contribution in [3.8, 4) is 0 Å². The number of aryl methyl sites for hydroxylation is 1. The third-order valence-corrected chi connectivity index (χ3v) is 5.43. The van der Waals surface area contributed by atoms with Gasteiger partial charge < -0.3 is 19.0 Å². The van der Waals surface area contributed by atoms with Gasteiger partial charge in [0.05, 0.1) is 6.04 Å². The highest BCUT2D eigenvalue weighted by Gasteiger charge is 2.26. The van der Waals surface area contributed by atoms with Crippen LogP contribution in [0.15, 0.2) is 46.9 Å². The summed E-state index contributed by atoms with van der Waals surface area (Å²) >= 11 is 0. The molecule has 1 fully saturated rings. The largest absolute Gasteiger partial charge is 0.459 e. The van der Waals surface area contributed by atoms with E-state index in [1.54, 1.807) is 6.08 Å². The van der Waals surface area contributed by atoms with Gasteiger partial charge in [-0.3, -0.25) is 4.79 Å². The van der Waals surface area contributed by atoms with Gasteiger partial charge in [-0.05, 0) is 63.5 Å². The number of aromatic nitrogens is 1. The Balaban J connectivity index is 1.28. The van der Waals surface area contributed by atoms with Crippen molar-refractivity contribution in [2.75, 3.05) is 6.61 Å². The lowest BCUT2D eigenvalue weighted by Crippen LogP contribution is -2.30. The number of nitrogens with zero attached hydrogens (tertiary/aromatic N) is 1. The van der Waals surface area contributed by atoms with E-state index in [1.165, 1.54) is 24.6 Å². The van der Waals surface area contributed by atoms with Crippen molar-refractivity contribution in [3.05, 3.63) is 65.2 Å². The van der Waals surface area contributed by atoms with E-state index in [4.69, 9.17) is 9.15 Å². The van der Waals surface area contributed by atoms with Crippen LogP contribution in [-0.2, 0) is 14.3 Å². The van der Waals surface area contributed by atoms with Crippen molar-refractivity contribution in [2.24, 2.45) is 0 Å². The third kappa shape index (κ3) is 4.32. The molecule has 0 bridgehead atoms. The van der Waals surface area contributed by atoms with E-state index in [1.807, 2.05) is 37.3 Å². The molecule has 6 heteroatoms. The Morgan fingerprint density at radius 2 is 2.03 bits per heavy atom. The molecule has 1 saturated carbocycles. The average Bonchev–Trinajstić information content (AvgIpc) is 3.37. The molecule has 1 atom stereocenters. The fraction of sp³-hybridized carbons (Fsp3) is 0.333. The summed E-state index contributed by atoms with van der Waals surface area (Å²) in [6.45, 7) is 5.62. The van der Waals surface area contributed by atoms with Crippen molar-refractivity contribution in [1.82, 2.24) is 9.88 Å². The highest BCUT2D eigenvalue weighted by molar-refractivity contribution is 5.89. The van der Waals surface area contributed by atoms with Gasteiger partial charge in [0.2, 0.25) is 0 Å². The second-order valence-electron chi connectivity index (χ2n) is 7.84. The maximum absolute atomic E-state index is 12.1. The van der Waals surface area contributed by atoms with Crippen molar-refractivity contribution in [2.45, 2.75) is 45.7 Å². The number of furan rings is 1. The van der Waals surface area contributed by atoms with Gasteiger partial charge in [-0.2, -0.15) is 0 Å². The van der Waals surface area contributed by atoms with E-state index in [2.05, 4.69) is 29.8 Å². The number of hydrogen-bond acceptors (Lipinski definition) is 4. The first-order valence-corrected chi connectivity index (χ1v) is 10.2. The van der Waals surface area contributed by atoms with Gasteiger partial charge in [-0.1, -0.05) is 18.2 Å². The Hall–Kier alpha value is -3.28. The van der Waals surface area contributed by atoms with E-state index < -0.39 is 5.97 Å². The Morgan fingerprint density at radius 1 is 1.27 bits per heavy atom. The average molecular weight is 406 g/mol. The summed E-state index contributed by atoms with van der Waals surface area (Å²) in [7, 11) is 0. The zero-order valence-electron chi connectivity index (χ0n) is 17.5. The Kier molecular flexibility index (Phi) is 5.48.